The van der Waals surface area contributed by atoms with Crippen LogP contribution in [0.2, 0.25) is 0 Å². The van der Waals surface area contributed by atoms with Gasteiger partial charge in [0.05, 0.1) is 6.10 Å². The highest BCUT2D eigenvalue weighted by molar-refractivity contribution is 6.19. The molecule has 16 heavy (non-hydrogen) atoms. The van der Waals surface area contributed by atoms with E-state index in [1.54, 1.807) is 13.8 Å². The number of nitrogens with one attached hydrogen (secondary N) is 2. The van der Waals surface area contributed by atoms with Crippen LogP contribution < -0.4 is 10.6 Å². The van der Waals surface area contributed by atoms with Crippen molar-refractivity contribution in [3.63, 3.8) is 0 Å². The fourth-order valence-electron chi connectivity index (χ4n) is 2.00. The Morgan fingerprint density at radius 1 is 1.19 bits per heavy atom. The van der Waals surface area contributed by atoms with Gasteiger partial charge in [0, 0.05) is 0 Å². The zero-order valence-corrected chi connectivity index (χ0v) is 9.37. The highest BCUT2D eigenvalue weighted by Gasteiger charge is 2.53. The third-order valence-corrected chi connectivity index (χ3v) is 2.86. The summed E-state index contributed by atoms with van der Waals surface area (Å²) in [5.41, 5.74) is -1.53. The van der Waals surface area contributed by atoms with Crippen LogP contribution in [-0.2, 0) is 9.59 Å². The molecule has 1 rings (SSSR count). The smallest absolute Gasteiger partial charge is 0.328 e. The Balaban J connectivity index is 3.11. The Labute approximate surface area is 93.4 Å². The number of aliphatic hydroxyl groups is 1. The lowest BCUT2D eigenvalue weighted by Gasteiger charge is -2.36. The Morgan fingerprint density at radius 2 is 1.69 bits per heavy atom. The first kappa shape index (κ1) is 12.6. The molecule has 6 heteroatoms. The number of aliphatic hydroxyl groups excluding tert-OH is 1. The molecule has 1 aliphatic rings. The van der Waals surface area contributed by atoms with Crippen molar-refractivity contribution < 1.29 is 19.5 Å². The number of carbonyl (C=O) groups is 3. The van der Waals surface area contributed by atoms with Gasteiger partial charge >= 0.3 is 6.03 Å². The third-order valence-electron chi connectivity index (χ3n) is 2.86. The maximum Gasteiger partial charge on any atom is 0.328 e. The van der Waals surface area contributed by atoms with Crippen molar-refractivity contribution in [3.05, 3.63) is 0 Å². The number of rotatable bonds is 4. The Hall–Kier alpha value is -1.43. The Bertz CT molecular complexity index is 307. The second kappa shape index (κ2) is 4.61. The van der Waals surface area contributed by atoms with Crippen LogP contribution >= 0.6 is 0 Å². The highest BCUT2D eigenvalue weighted by Crippen LogP contribution is 2.32. The molecule has 0 aliphatic carbocycles. The highest BCUT2D eigenvalue weighted by atomic mass is 16.3. The van der Waals surface area contributed by atoms with Gasteiger partial charge in [-0.05, 0) is 12.8 Å². The fraction of sp³-hybridized carbons (Fsp3) is 0.700. The van der Waals surface area contributed by atoms with Gasteiger partial charge in [-0.1, -0.05) is 20.3 Å². The second-order valence-corrected chi connectivity index (χ2v) is 3.88. The third kappa shape index (κ3) is 1.80. The van der Waals surface area contributed by atoms with Crippen LogP contribution in [-0.4, -0.2) is 29.1 Å². The molecule has 1 unspecified atom stereocenters. The van der Waals surface area contributed by atoms with Crippen molar-refractivity contribution in [1.82, 2.24) is 10.6 Å². The van der Waals surface area contributed by atoms with Crippen molar-refractivity contribution in [2.24, 2.45) is 5.41 Å². The van der Waals surface area contributed by atoms with Gasteiger partial charge < -0.3 is 5.11 Å². The molecule has 6 nitrogen and oxygen atoms in total. The van der Waals surface area contributed by atoms with Crippen molar-refractivity contribution in [3.8, 4) is 0 Å². The van der Waals surface area contributed by atoms with E-state index >= 15 is 0 Å². The molecule has 0 aromatic rings. The van der Waals surface area contributed by atoms with Crippen molar-refractivity contribution in [1.29, 1.82) is 0 Å². The first-order valence-electron chi connectivity index (χ1n) is 5.34. The molecule has 0 radical (unpaired) electrons. The summed E-state index contributed by atoms with van der Waals surface area (Å²) in [4.78, 5) is 34.5. The quantitative estimate of drug-likeness (QED) is 0.586. The predicted molar refractivity (Wildman–Crippen MR) is 55.3 cm³/mol. The van der Waals surface area contributed by atoms with Crippen LogP contribution in [0.1, 0.15) is 33.1 Å². The molecular formula is C10H16N2O4. The van der Waals surface area contributed by atoms with E-state index in [9.17, 15) is 19.5 Å². The molecule has 0 saturated carbocycles. The molecule has 1 saturated heterocycles. The van der Waals surface area contributed by atoms with Crippen LogP contribution in [0.25, 0.3) is 0 Å². The maximum atomic E-state index is 11.8. The van der Waals surface area contributed by atoms with Gasteiger partial charge in [-0.3, -0.25) is 20.2 Å². The van der Waals surface area contributed by atoms with Gasteiger partial charge in [0.25, 0.3) is 0 Å². The summed E-state index contributed by atoms with van der Waals surface area (Å²) in [5, 5.41) is 13.9. The Morgan fingerprint density at radius 3 is 2.06 bits per heavy atom. The summed E-state index contributed by atoms with van der Waals surface area (Å²) in [7, 11) is 0. The molecule has 0 bridgehead atoms. The molecule has 0 spiro atoms. The van der Waals surface area contributed by atoms with E-state index in [-0.39, 0.29) is 12.8 Å². The zero-order valence-electron chi connectivity index (χ0n) is 9.37. The van der Waals surface area contributed by atoms with Crippen molar-refractivity contribution in [2.45, 2.75) is 39.2 Å². The van der Waals surface area contributed by atoms with Crippen molar-refractivity contribution >= 4 is 17.8 Å². The summed E-state index contributed by atoms with van der Waals surface area (Å²) < 4.78 is 0. The normalized spacial score (nSPS) is 21.3. The van der Waals surface area contributed by atoms with Crippen LogP contribution in [0.5, 0.6) is 0 Å². The minimum Gasteiger partial charge on any atom is -0.391 e. The molecule has 1 heterocycles. The van der Waals surface area contributed by atoms with Crippen LogP contribution in [0.3, 0.4) is 0 Å². The molecule has 3 N–H and O–H groups in total. The summed E-state index contributed by atoms with van der Waals surface area (Å²) in [6, 6.07) is -0.829. The largest absolute Gasteiger partial charge is 0.391 e. The van der Waals surface area contributed by atoms with Gasteiger partial charge in [0.2, 0.25) is 11.8 Å². The Kier molecular flexibility index (Phi) is 3.64. The topological polar surface area (TPSA) is 95.5 Å². The monoisotopic (exact) mass is 228 g/mol. The molecule has 1 fully saturated rings. The van der Waals surface area contributed by atoms with Crippen LogP contribution in [0.15, 0.2) is 0 Å². The molecule has 90 valence electrons. The van der Waals surface area contributed by atoms with E-state index in [4.69, 9.17) is 0 Å². The molecule has 1 atom stereocenters. The lowest BCUT2D eigenvalue weighted by atomic mass is 9.74. The molecule has 4 amide bonds. The molecule has 1 aliphatic heterocycles. The summed E-state index contributed by atoms with van der Waals surface area (Å²) in [5.74, 6) is -1.42. The standard InChI is InChI=1S/C10H16N2O4/c1-3-5-10(6(13)4-2)7(14)11-9(16)12-8(10)15/h6,13H,3-5H2,1-2H3,(H2,11,12,14,15,16). The fourth-order valence-corrected chi connectivity index (χ4v) is 2.00. The number of carbonyl (C=O) groups excluding carboxylic acids is 3. The molecular weight excluding hydrogens is 212 g/mol. The number of imide groups is 2. The zero-order chi connectivity index (χ0) is 12.3. The lowest BCUT2D eigenvalue weighted by molar-refractivity contribution is -0.153. The van der Waals surface area contributed by atoms with E-state index in [1.165, 1.54) is 0 Å². The predicted octanol–water partition coefficient (Wildman–Crippen LogP) is -0.0902. The maximum absolute atomic E-state index is 11.8. The minimum absolute atomic E-state index is 0.215. The van der Waals surface area contributed by atoms with E-state index in [0.717, 1.165) is 0 Å². The number of hydrogen-bond acceptors (Lipinski definition) is 4. The van der Waals surface area contributed by atoms with Gasteiger partial charge in [-0.2, -0.15) is 0 Å². The van der Waals surface area contributed by atoms with Crippen molar-refractivity contribution in [2.75, 3.05) is 0 Å². The van der Waals surface area contributed by atoms with E-state index in [0.29, 0.717) is 6.42 Å². The van der Waals surface area contributed by atoms with E-state index in [2.05, 4.69) is 0 Å². The van der Waals surface area contributed by atoms with Crippen LogP contribution in [0, 0.1) is 5.41 Å². The molecule has 0 aromatic heterocycles. The number of barbiturate groups is 1. The first-order valence-corrected chi connectivity index (χ1v) is 5.34. The number of urea groups is 1. The summed E-state index contributed by atoms with van der Waals surface area (Å²) >= 11 is 0. The van der Waals surface area contributed by atoms with Crippen LogP contribution in [0.4, 0.5) is 4.79 Å². The molecule has 0 aromatic carbocycles. The summed E-state index contributed by atoms with van der Waals surface area (Å²) in [6.07, 6.45) is -0.0331. The minimum atomic E-state index is -1.53. The lowest BCUT2D eigenvalue weighted by Crippen LogP contribution is -2.66. The van der Waals surface area contributed by atoms with E-state index < -0.39 is 29.4 Å². The number of hydrogen-bond donors (Lipinski definition) is 3. The van der Waals surface area contributed by atoms with Gasteiger partial charge in [-0.25, -0.2) is 4.79 Å². The average Bonchev–Trinajstić information content (AvgIpc) is 2.22. The first-order chi connectivity index (χ1) is 7.48. The van der Waals surface area contributed by atoms with Gasteiger partial charge in [-0.15, -0.1) is 0 Å². The number of amides is 4. The summed E-state index contributed by atoms with van der Waals surface area (Å²) in [6.45, 7) is 3.49. The average molecular weight is 228 g/mol. The second-order valence-electron chi connectivity index (χ2n) is 3.88. The van der Waals surface area contributed by atoms with Gasteiger partial charge in [0.1, 0.15) is 0 Å². The van der Waals surface area contributed by atoms with Gasteiger partial charge in [0.15, 0.2) is 5.41 Å². The SMILES string of the molecule is CCCC1(C(O)CC)C(=O)NC(=O)NC1=O. The van der Waals surface area contributed by atoms with E-state index in [1.807, 2.05) is 10.6 Å².